The lowest BCUT2D eigenvalue weighted by Crippen LogP contribution is -2.48. The van der Waals surface area contributed by atoms with Gasteiger partial charge in [-0.15, -0.1) is 0 Å². The third kappa shape index (κ3) is 4.27. The van der Waals surface area contributed by atoms with Gasteiger partial charge in [-0.3, -0.25) is 4.79 Å². The monoisotopic (exact) mass is 463 g/mol. The maximum Gasteiger partial charge on any atom is 0.343 e. The summed E-state index contributed by atoms with van der Waals surface area (Å²) in [7, 11) is 1.34. The maximum absolute atomic E-state index is 12.8. The highest BCUT2D eigenvalue weighted by molar-refractivity contribution is 6.04. The van der Waals surface area contributed by atoms with Gasteiger partial charge in [-0.2, -0.15) is 0 Å². The van der Waals surface area contributed by atoms with Gasteiger partial charge < -0.3 is 19.9 Å². The molecule has 0 atom stereocenters. The van der Waals surface area contributed by atoms with Gasteiger partial charge in [0.05, 0.1) is 12.7 Å². The molecule has 0 heterocycles. The molecule has 0 spiro atoms. The fourth-order valence-corrected chi connectivity index (χ4v) is 6.75. The summed E-state index contributed by atoms with van der Waals surface area (Å²) in [5.74, 6) is 1.09. The van der Waals surface area contributed by atoms with Crippen LogP contribution in [0.4, 0.5) is 5.69 Å². The smallest absolute Gasteiger partial charge is 0.343 e. The van der Waals surface area contributed by atoms with E-state index in [9.17, 15) is 14.4 Å². The molecule has 4 saturated carbocycles. The van der Waals surface area contributed by atoms with E-state index in [2.05, 4.69) is 5.32 Å². The predicted molar refractivity (Wildman–Crippen MR) is 125 cm³/mol. The summed E-state index contributed by atoms with van der Waals surface area (Å²) in [4.78, 5) is 35.7. The minimum Gasteiger partial charge on any atom is -0.482 e. The Hall–Kier alpha value is -3.35. The maximum atomic E-state index is 12.8. The van der Waals surface area contributed by atoms with Gasteiger partial charge in [0.2, 0.25) is 0 Å². The van der Waals surface area contributed by atoms with Gasteiger partial charge in [-0.1, -0.05) is 0 Å². The summed E-state index contributed by atoms with van der Waals surface area (Å²) in [5, 5.41) is 12.0. The minimum absolute atomic E-state index is 0.00404. The summed E-state index contributed by atoms with van der Waals surface area (Å²) in [5.41, 5.74) is 2.24. The van der Waals surface area contributed by atoms with Crippen molar-refractivity contribution in [3.05, 3.63) is 59.2 Å². The number of carboxylic acids is 1. The van der Waals surface area contributed by atoms with Crippen molar-refractivity contribution >= 4 is 23.5 Å². The average Bonchev–Trinajstić information content (AvgIpc) is 2.82. The first-order valence-corrected chi connectivity index (χ1v) is 11.8. The number of amides is 1. The number of hydrogen-bond donors (Lipinski definition) is 2. The molecule has 1 amide bonds. The van der Waals surface area contributed by atoms with Crippen LogP contribution in [0, 0.1) is 17.8 Å². The lowest BCUT2D eigenvalue weighted by molar-refractivity contribution is -0.143. The number of carboxylic acid groups (broad SMARTS) is 1. The number of aromatic carboxylic acids is 1. The molecule has 0 aliphatic heterocycles. The highest BCUT2D eigenvalue weighted by atomic mass is 16.6. The van der Waals surface area contributed by atoms with E-state index in [1.165, 1.54) is 50.6 Å². The molecule has 0 saturated heterocycles. The zero-order valence-corrected chi connectivity index (χ0v) is 19.2. The first-order chi connectivity index (χ1) is 16.3. The fourth-order valence-electron chi connectivity index (χ4n) is 6.75. The van der Waals surface area contributed by atoms with E-state index in [0.29, 0.717) is 17.0 Å². The number of carbonyl (C=O) groups is 3. The summed E-state index contributed by atoms with van der Waals surface area (Å²) in [6.45, 7) is -0.155. The molecule has 4 aliphatic carbocycles. The third-order valence-corrected chi connectivity index (χ3v) is 7.81. The van der Waals surface area contributed by atoms with Gasteiger partial charge in [0.25, 0.3) is 5.91 Å². The van der Waals surface area contributed by atoms with Gasteiger partial charge in [0, 0.05) is 16.8 Å². The van der Waals surface area contributed by atoms with Gasteiger partial charge in [0.15, 0.2) is 6.61 Å². The number of ether oxygens (including phenoxy) is 2. The van der Waals surface area contributed by atoms with Crippen LogP contribution < -0.4 is 10.1 Å². The number of hydrogen-bond acceptors (Lipinski definition) is 5. The van der Waals surface area contributed by atoms with E-state index in [1.807, 2.05) is 12.1 Å². The second-order valence-corrected chi connectivity index (χ2v) is 10.1. The summed E-state index contributed by atoms with van der Waals surface area (Å²) in [6.07, 6.45) is 7.26. The Bertz CT molecular complexity index is 1090. The van der Waals surface area contributed by atoms with Crippen LogP contribution in [0.25, 0.3) is 0 Å². The van der Waals surface area contributed by atoms with Crippen LogP contribution in [0.15, 0.2) is 42.5 Å². The van der Waals surface area contributed by atoms with E-state index in [1.54, 1.807) is 6.07 Å². The van der Waals surface area contributed by atoms with Crippen molar-refractivity contribution in [2.24, 2.45) is 17.8 Å². The molecule has 7 heteroatoms. The van der Waals surface area contributed by atoms with Gasteiger partial charge in [-0.05, 0) is 104 Å². The molecule has 7 nitrogen and oxygen atoms in total. The molecule has 0 aromatic heterocycles. The van der Waals surface area contributed by atoms with E-state index < -0.39 is 11.9 Å². The minimum atomic E-state index is -1.03. The van der Waals surface area contributed by atoms with E-state index in [-0.39, 0.29) is 23.5 Å². The predicted octanol–water partition coefficient (Wildman–Crippen LogP) is 4.66. The molecular formula is C27H29NO6. The van der Waals surface area contributed by atoms with Crippen LogP contribution in [0.3, 0.4) is 0 Å². The molecule has 0 radical (unpaired) electrons. The van der Waals surface area contributed by atoms with Crippen LogP contribution >= 0.6 is 0 Å². The largest absolute Gasteiger partial charge is 0.482 e. The number of esters is 1. The number of anilines is 1. The topological polar surface area (TPSA) is 102 Å². The standard InChI is InChI=1S/C27H29NO6/c1-33-24(29)15-34-23-7-6-21(28-25(30)19-2-4-20(5-3-19)26(31)32)11-22(23)27-12-16-8-17(13-27)10-18(9-16)14-27/h2-7,11,16-18H,8-10,12-15H2,1H3,(H,28,30)(H,31,32). The highest BCUT2D eigenvalue weighted by Gasteiger charge is 2.52. The molecule has 0 unspecified atom stereocenters. The molecule has 4 bridgehead atoms. The number of rotatable bonds is 7. The van der Waals surface area contributed by atoms with Crippen molar-refractivity contribution in [3.8, 4) is 5.75 Å². The number of methoxy groups -OCH3 is 1. The Kier molecular flexibility index (Phi) is 5.80. The number of carbonyl (C=O) groups excluding carboxylic acids is 2. The van der Waals surface area contributed by atoms with Crippen LogP contribution in [0.2, 0.25) is 0 Å². The van der Waals surface area contributed by atoms with Crippen molar-refractivity contribution in [3.63, 3.8) is 0 Å². The van der Waals surface area contributed by atoms with Crippen molar-refractivity contribution in [2.45, 2.75) is 43.9 Å². The Morgan fingerprint density at radius 1 is 0.941 bits per heavy atom. The zero-order chi connectivity index (χ0) is 23.9. The summed E-state index contributed by atoms with van der Waals surface area (Å²) in [6, 6.07) is 11.5. The molecule has 2 aromatic carbocycles. The zero-order valence-electron chi connectivity index (χ0n) is 19.2. The lowest BCUT2D eigenvalue weighted by Gasteiger charge is -2.57. The van der Waals surface area contributed by atoms with Gasteiger partial charge in [0.1, 0.15) is 5.75 Å². The Morgan fingerprint density at radius 2 is 1.53 bits per heavy atom. The van der Waals surface area contributed by atoms with Crippen molar-refractivity contribution in [1.29, 1.82) is 0 Å². The Morgan fingerprint density at radius 3 is 2.09 bits per heavy atom. The van der Waals surface area contributed by atoms with E-state index in [0.717, 1.165) is 42.6 Å². The summed E-state index contributed by atoms with van der Waals surface area (Å²) >= 11 is 0. The quantitative estimate of drug-likeness (QED) is 0.579. The van der Waals surface area contributed by atoms with Crippen LogP contribution in [0.1, 0.15) is 64.8 Å². The molecular weight excluding hydrogens is 434 g/mol. The van der Waals surface area contributed by atoms with Gasteiger partial charge in [-0.25, -0.2) is 9.59 Å². The molecule has 4 aliphatic rings. The van der Waals surface area contributed by atoms with Gasteiger partial charge >= 0.3 is 11.9 Å². The third-order valence-electron chi connectivity index (χ3n) is 7.81. The Labute approximate surface area is 198 Å². The van der Waals surface area contributed by atoms with Crippen LogP contribution in [0.5, 0.6) is 5.75 Å². The van der Waals surface area contributed by atoms with Crippen molar-refractivity contribution in [2.75, 3.05) is 19.0 Å². The highest BCUT2D eigenvalue weighted by Crippen LogP contribution is 2.62. The van der Waals surface area contributed by atoms with E-state index in [4.69, 9.17) is 14.6 Å². The molecule has 4 fully saturated rings. The number of nitrogens with one attached hydrogen (secondary N) is 1. The van der Waals surface area contributed by atoms with Crippen LogP contribution in [-0.4, -0.2) is 36.7 Å². The number of benzene rings is 2. The van der Waals surface area contributed by atoms with Crippen LogP contribution in [-0.2, 0) is 14.9 Å². The second kappa shape index (κ2) is 8.78. The van der Waals surface area contributed by atoms with Crippen molar-refractivity contribution < 1.29 is 29.0 Å². The average molecular weight is 464 g/mol. The summed E-state index contributed by atoms with van der Waals surface area (Å²) < 4.78 is 10.7. The molecule has 34 heavy (non-hydrogen) atoms. The molecule has 178 valence electrons. The fraction of sp³-hybridized carbons (Fsp3) is 0.444. The molecule has 6 rings (SSSR count). The first kappa shape index (κ1) is 22.4. The molecule has 2 aromatic rings. The second-order valence-electron chi connectivity index (χ2n) is 10.1. The first-order valence-electron chi connectivity index (χ1n) is 11.8. The molecule has 2 N–H and O–H groups in total. The lowest BCUT2D eigenvalue weighted by atomic mass is 9.48. The van der Waals surface area contributed by atoms with Crippen molar-refractivity contribution in [1.82, 2.24) is 0 Å². The SMILES string of the molecule is COC(=O)COc1ccc(NC(=O)c2ccc(C(=O)O)cc2)cc1C12CC3CC(CC(C3)C1)C2. The van der Waals surface area contributed by atoms with E-state index >= 15 is 0 Å². The normalized spacial score (nSPS) is 26.7. The Balaban J connectivity index is 1.43.